The van der Waals surface area contributed by atoms with Crippen LogP contribution in [-0.4, -0.2) is 63.3 Å². The highest BCUT2D eigenvalue weighted by molar-refractivity contribution is 7.98. The smallest absolute Gasteiger partial charge is 0.256 e. The average Bonchev–Trinajstić information content (AvgIpc) is 3.00. The van der Waals surface area contributed by atoms with Gasteiger partial charge in [-0.1, -0.05) is 5.16 Å². The molecular formula is C15H19N5O2S. The molecule has 1 aliphatic heterocycles. The van der Waals surface area contributed by atoms with Crippen LogP contribution in [0.4, 0.5) is 0 Å². The van der Waals surface area contributed by atoms with Crippen LogP contribution in [0.25, 0.3) is 0 Å². The molecule has 0 radical (unpaired) electrons. The fourth-order valence-electron chi connectivity index (χ4n) is 2.60. The third-order valence-electron chi connectivity index (χ3n) is 3.79. The minimum absolute atomic E-state index is 0.0532. The summed E-state index contributed by atoms with van der Waals surface area (Å²) in [6.45, 7) is 5.42. The molecule has 0 aromatic carbocycles. The van der Waals surface area contributed by atoms with E-state index in [1.807, 2.05) is 23.3 Å². The lowest BCUT2D eigenvalue weighted by Crippen LogP contribution is -2.48. The second kappa shape index (κ2) is 7.10. The third kappa shape index (κ3) is 3.70. The summed E-state index contributed by atoms with van der Waals surface area (Å²) >= 11 is 1.50. The number of piperazine rings is 1. The van der Waals surface area contributed by atoms with Crippen molar-refractivity contribution in [1.82, 2.24) is 24.9 Å². The van der Waals surface area contributed by atoms with Crippen molar-refractivity contribution < 1.29 is 9.32 Å². The lowest BCUT2D eigenvalue weighted by Gasteiger charge is -2.34. The molecular weight excluding hydrogens is 314 g/mol. The van der Waals surface area contributed by atoms with Crippen LogP contribution in [-0.2, 0) is 6.54 Å². The largest absolute Gasteiger partial charge is 0.340 e. The topological polar surface area (TPSA) is 75.4 Å². The molecule has 0 unspecified atom stereocenters. The first-order valence-electron chi connectivity index (χ1n) is 7.47. The molecule has 2 aromatic heterocycles. The molecule has 122 valence electrons. The zero-order valence-corrected chi connectivity index (χ0v) is 14.0. The zero-order chi connectivity index (χ0) is 16.2. The highest BCUT2D eigenvalue weighted by Crippen LogP contribution is 2.19. The average molecular weight is 333 g/mol. The van der Waals surface area contributed by atoms with Gasteiger partial charge in [0.25, 0.3) is 5.91 Å². The Bertz CT molecular complexity index is 682. The quantitative estimate of drug-likeness (QED) is 0.784. The van der Waals surface area contributed by atoms with Crippen molar-refractivity contribution in [2.75, 3.05) is 32.4 Å². The Hall–Kier alpha value is -1.93. The van der Waals surface area contributed by atoms with Crippen molar-refractivity contribution >= 4 is 17.7 Å². The third-order valence-corrected chi connectivity index (χ3v) is 4.50. The maximum Gasteiger partial charge on any atom is 0.256 e. The van der Waals surface area contributed by atoms with Crippen molar-refractivity contribution in [1.29, 1.82) is 0 Å². The Balaban J connectivity index is 1.59. The molecule has 3 rings (SSSR count). The number of carbonyl (C=O) groups excluding carboxylic acids is 1. The molecule has 7 nitrogen and oxygen atoms in total. The van der Waals surface area contributed by atoms with Gasteiger partial charge in [-0.25, -0.2) is 4.98 Å². The van der Waals surface area contributed by atoms with Crippen LogP contribution >= 0.6 is 11.8 Å². The first-order valence-corrected chi connectivity index (χ1v) is 8.69. The van der Waals surface area contributed by atoms with E-state index in [1.165, 1.54) is 11.8 Å². The monoisotopic (exact) mass is 333 g/mol. The van der Waals surface area contributed by atoms with Gasteiger partial charge in [-0.2, -0.15) is 4.98 Å². The molecule has 2 aromatic rings. The number of aromatic nitrogens is 3. The lowest BCUT2D eigenvalue weighted by molar-refractivity contribution is 0.0620. The van der Waals surface area contributed by atoms with Crippen LogP contribution < -0.4 is 0 Å². The second-order valence-electron chi connectivity index (χ2n) is 5.36. The molecule has 0 spiro atoms. The van der Waals surface area contributed by atoms with E-state index in [4.69, 9.17) is 4.52 Å². The summed E-state index contributed by atoms with van der Waals surface area (Å²) in [4.78, 5) is 25.3. The summed E-state index contributed by atoms with van der Waals surface area (Å²) in [6, 6.07) is 3.65. The maximum absolute atomic E-state index is 12.7. The predicted octanol–water partition coefficient (Wildman–Crippen LogP) is 1.45. The Morgan fingerprint density at radius 1 is 1.35 bits per heavy atom. The van der Waals surface area contributed by atoms with E-state index in [2.05, 4.69) is 20.0 Å². The Kier molecular flexibility index (Phi) is 4.92. The first kappa shape index (κ1) is 15.9. The first-order chi connectivity index (χ1) is 11.2. The van der Waals surface area contributed by atoms with Crippen LogP contribution in [0.5, 0.6) is 0 Å². The summed E-state index contributed by atoms with van der Waals surface area (Å²) in [6.07, 6.45) is 3.65. The number of aryl methyl sites for hydroxylation is 1. The minimum atomic E-state index is 0.0532. The number of rotatable bonds is 4. The van der Waals surface area contributed by atoms with Gasteiger partial charge in [0, 0.05) is 39.3 Å². The van der Waals surface area contributed by atoms with Gasteiger partial charge < -0.3 is 9.42 Å². The van der Waals surface area contributed by atoms with Crippen molar-refractivity contribution in [3.63, 3.8) is 0 Å². The van der Waals surface area contributed by atoms with E-state index in [1.54, 1.807) is 13.1 Å². The number of pyridine rings is 1. The number of amides is 1. The summed E-state index contributed by atoms with van der Waals surface area (Å²) in [5, 5.41) is 4.69. The van der Waals surface area contributed by atoms with E-state index in [0.29, 0.717) is 36.9 Å². The van der Waals surface area contributed by atoms with Gasteiger partial charge in [0.1, 0.15) is 5.03 Å². The number of hydrogen-bond acceptors (Lipinski definition) is 7. The maximum atomic E-state index is 12.7. The van der Waals surface area contributed by atoms with Crippen molar-refractivity contribution in [2.24, 2.45) is 0 Å². The van der Waals surface area contributed by atoms with Gasteiger partial charge in [0.2, 0.25) is 5.89 Å². The van der Waals surface area contributed by atoms with E-state index in [9.17, 15) is 4.79 Å². The van der Waals surface area contributed by atoms with Gasteiger partial charge in [-0.15, -0.1) is 11.8 Å². The molecule has 0 aliphatic carbocycles. The molecule has 0 saturated carbocycles. The SMILES string of the molecule is CSc1ncccc1C(=O)N1CCN(Cc2noc(C)n2)CC1. The van der Waals surface area contributed by atoms with Gasteiger partial charge in [-0.05, 0) is 18.4 Å². The van der Waals surface area contributed by atoms with Crippen LogP contribution in [0.3, 0.4) is 0 Å². The Labute approximate surface area is 139 Å². The predicted molar refractivity (Wildman–Crippen MR) is 86.2 cm³/mol. The molecule has 1 amide bonds. The molecule has 1 aliphatic rings. The van der Waals surface area contributed by atoms with E-state index in [0.717, 1.165) is 18.1 Å². The summed E-state index contributed by atoms with van der Waals surface area (Å²) in [5.74, 6) is 1.33. The van der Waals surface area contributed by atoms with Crippen molar-refractivity contribution in [3.05, 3.63) is 35.6 Å². The molecule has 3 heterocycles. The Morgan fingerprint density at radius 2 is 2.13 bits per heavy atom. The standard InChI is InChI=1S/C15H19N5O2S/c1-11-17-13(18-22-11)10-19-6-8-20(9-7-19)15(21)12-4-3-5-16-14(12)23-2/h3-5H,6-10H2,1-2H3. The molecule has 0 bridgehead atoms. The molecule has 0 N–H and O–H groups in total. The normalized spacial score (nSPS) is 15.8. The molecule has 23 heavy (non-hydrogen) atoms. The van der Waals surface area contributed by atoms with Gasteiger partial charge >= 0.3 is 0 Å². The summed E-state index contributed by atoms with van der Waals surface area (Å²) < 4.78 is 4.99. The summed E-state index contributed by atoms with van der Waals surface area (Å²) in [7, 11) is 0. The van der Waals surface area contributed by atoms with Crippen molar-refractivity contribution in [3.8, 4) is 0 Å². The van der Waals surface area contributed by atoms with E-state index >= 15 is 0 Å². The van der Waals surface area contributed by atoms with Crippen molar-refractivity contribution in [2.45, 2.75) is 18.5 Å². The van der Waals surface area contributed by atoms with Crippen LogP contribution in [0.15, 0.2) is 27.9 Å². The van der Waals surface area contributed by atoms with Crippen LogP contribution in [0.2, 0.25) is 0 Å². The number of nitrogens with zero attached hydrogens (tertiary/aromatic N) is 5. The molecule has 1 fully saturated rings. The fraction of sp³-hybridized carbons (Fsp3) is 0.467. The Morgan fingerprint density at radius 3 is 2.78 bits per heavy atom. The highest BCUT2D eigenvalue weighted by Gasteiger charge is 2.24. The zero-order valence-electron chi connectivity index (χ0n) is 13.2. The van der Waals surface area contributed by atoms with E-state index < -0.39 is 0 Å². The highest BCUT2D eigenvalue weighted by atomic mass is 32.2. The minimum Gasteiger partial charge on any atom is -0.340 e. The van der Waals surface area contributed by atoms with Crippen LogP contribution in [0, 0.1) is 6.92 Å². The fourth-order valence-corrected chi connectivity index (χ4v) is 3.14. The van der Waals surface area contributed by atoms with Gasteiger partial charge in [-0.3, -0.25) is 9.69 Å². The van der Waals surface area contributed by atoms with Crippen LogP contribution in [0.1, 0.15) is 22.1 Å². The summed E-state index contributed by atoms with van der Waals surface area (Å²) in [5.41, 5.74) is 0.683. The van der Waals surface area contributed by atoms with Gasteiger partial charge in [0.15, 0.2) is 5.82 Å². The lowest BCUT2D eigenvalue weighted by atomic mass is 10.2. The number of hydrogen-bond donors (Lipinski definition) is 0. The number of carbonyl (C=O) groups is 1. The second-order valence-corrected chi connectivity index (χ2v) is 6.15. The molecule has 0 atom stereocenters. The molecule has 1 saturated heterocycles. The van der Waals surface area contributed by atoms with Gasteiger partial charge in [0.05, 0.1) is 12.1 Å². The van der Waals surface area contributed by atoms with E-state index in [-0.39, 0.29) is 5.91 Å². The number of thioether (sulfide) groups is 1. The molecule has 8 heteroatoms.